The highest BCUT2D eigenvalue weighted by Crippen LogP contribution is 2.27. The maximum atomic E-state index is 13.2. The third-order valence-electron chi connectivity index (χ3n) is 5.46. The number of aromatic amines is 1. The number of aromatic nitrogens is 4. The molecule has 2 aromatic heterocycles. The van der Waals surface area contributed by atoms with Gasteiger partial charge in [0.1, 0.15) is 11.6 Å². The van der Waals surface area contributed by atoms with Gasteiger partial charge in [-0.2, -0.15) is 0 Å². The maximum absolute atomic E-state index is 13.2. The molecule has 0 radical (unpaired) electrons. The van der Waals surface area contributed by atoms with Gasteiger partial charge in [-0.1, -0.05) is 25.5 Å². The number of aryl methyl sites for hydroxylation is 1. The topological polar surface area (TPSA) is 66.8 Å². The third kappa shape index (κ3) is 3.86. The van der Waals surface area contributed by atoms with E-state index in [1.807, 2.05) is 35.4 Å². The van der Waals surface area contributed by atoms with E-state index in [9.17, 15) is 4.79 Å². The molecule has 1 fully saturated rings. The molecule has 4 rings (SSSR count). The Kier molecular flexibility index (Phi) is 5.55. The van der Waals surface area contributed by atoms with Crippen LogP contribution in [0.2, 0.25) is 0 Å². The average Bonchev–Trinajstić information content (AvgIpc) is 3.44. The first-order chi connectivity index (χ1) is 13.8. The van der Waals surface area contributed by atoms with Crippen molar-refractivity contribution in [1.29, 1.82) is 0 Å². The van der Waals surface area contributed by atoms with Crippen LogP contribution in [0.15, 0.2) is 49.1 Å². The van der Waals surface area contributed by atoms with E-state index in [1.165, 1.54) is 6.42 Å². The number of H-pyrrole nitrogens is 1. The van der Waals surface area contributed by atoms with Gasteiger partial charge in [0.05, 0.1) is 0 Å². The minimum atomic E-state index is 0.0878. The molecule has 6 heteroatoms. The highest BCUT2D eigenvalue weighted by Gasteiger charge is 2.28. The summed E-state index contributed by atoms with van der Waals surface area (Å²) in [5, 5.41) is 0. The second-order valence-electron chi connectivity index (χ2n) is 7.44. The summed E-state index contributed by atoms with van der Waals surface area (Å²) in [6.45, 7) is 4.73. The van der Waals surface area contributed by atoms with E-state index in [0.717, 1.165) is 56.1 Å². The molecular weight excluding hydrogens is 350 g/mol. The number of likely N-dealkylation sites (tertiary alicyclic amines) is 1. The number of nitrogens with one attached hydrogen (secondary N) is 1. The van der Waals surface area contributed by atoms with Gasteiger partial charge < -0.3 is 14.5 Å². The zero-order valence-electron chi connectivity index (χ0n) is 16.3. The van der Waals surface area contributed by atoms with Crippen LogP contribution in [0.3, 0.4) is 0 Å². The minimum Gasteiger partial charge on any atom is -0.345 e. The number of imidazole rings is 2. The van der Waals surface area contributed by atoms with E-state index in [1.54, 1.807) is 12.4 Å². The summed E-state index contributed by atoms with van der Waals surface area (Å²) >= 11 is 0. The number of amides is 1. The lowest BCUT2D eigenvalue weighted by Crippen LogP contribution is -2.39. The summed E-state index contributed by atoms with van der Waals surface area (Å²) < 4.78 is 2.26. The van der Waals surface area contributed by atoms with E-state index in [-0.39, 0.29) is 5.91 Å². The Morgan fingerprint density at radius 2 is 2.21 bits per heavy atom. The zero-order chi connectivity index (χ0) is 19.3. The van der Waals surface area contributed by atoms with Crippen LogP contribution < -0.4 is 0 Å². The molecule has 3 aromatic rings. The summed E-state index contributed by atoms with van der Waals surface area (Å²) in [5.74, 6) is 2.29. The lowest BCUT2D eigenvalue weighted by Gasteiger charge is -2.33. The molecule has 0 saturated carbocycles. The molecule has 0 aliphatic carbocycles. The van der Waals surface area contributed by atoms with Crippen molar-refractivity contribution in [1.82, 2.24) is 24.4 Å². The summed E-state index contributed by atoms with van der Waals surface area (Å²) in [7, 11) is 0. The van der Waals surface area contributed by atoms with Gasteiger partial charge in [0.15, 0.2) is 0 Å². The molecule has 1 atom stereocenters. The van der Waals surface area contributed by atoms with Crippen LogP contribution in [-0.4, -0.2) is 43.4 Å². The van der Waals surface area contributed by atoms with Crippen LogP contribution in [-0.2, 0) is 6.54 Å². The average molecular weight is 377 g/mol. The summed E-state index contributed by atoms with van der Waals surface area (Å²) in [5.41, 5.74) is 1.64. The Bertz CT molecular complexity index is 915. The summed E-state index contributed by atoms with van der Waals surface area (Å²) in [6.07, 6.45) is 11.9. The van der Waals surface area contributed by atoms with Gasteiger partial charge in [0, 0.05) is 61.5 Å². The van der Waals surface area contributed by atoms with Crippen molar-refractivity contribution in [2.75, 3.05) is 13.1 Å². The quantitative estimate of drug-likeness (QED) is 0.703. The largest absolute Gasteiger partial charge is 0.345 e. The van der Waals surface area contributed by atoms with E-state index >= 15 is 0 Å². The number of carbonyl (C=O) groups is 1. The van der Waals surface area contributed by atoms with Gasteiger partial charge in [-0.15, -0.1) is 0 Å². The van der Waals surface area contributed by atoms with Crippen LogP contribution in [0.5, 0.6) is 0 Å². The Hall–Kier alpha value is -2.89. The van der Waals surface area contributed by atoms with Crippen molar-refractivity contribution in [3.63, 3.8) is 0 Å². The van der Waals surface area contributed by atoms with Crippen molar-refractivity contribution in [2.24, 2.45) is 0 Å². The lowest BCUT2D eigenvalue weighted by molar-refractivity contribution is 0.0703. The number of hydrogen-bond acceptors (Lipinski definition) is 3. The highest BCUT2D eigenvalue weighted by atomic mass is 16.2. The first-order valence-electron chi connectivity index (χ1n) is 10.2. The molecule has 1 N–H and O–H groups in total. The predicted octanol–water partition coefficient (Wildman–Crippen LogP) is 4.09. The SMILES string of the molecule is CCCCn1ccnc1[C@H]1CCCN(C(=O)c2cccc(-c3ncc[nH]3)c2)C1. The van der Waals surface area contributed by atoms with E-state index in [4.69, 9.17) is 0 Å². The van der Waals surface area contributed by atoms with Crippen LogP contribution in [0.1, 0.15) is 54.7 Å². The van der Waals surface area contributed by atoms with E-state index in [0.29, 0.717) is 11.5 Å². The van der Waals surface area contributed by atoms with Gasteiger partial charge in [0.25, 0.3) is 5.91 Å². The molecule has 1 aromatic carbocycles. The van der Waals surface area contributed by atoms with Crippen molar-refractivity contribution >= 4 is 5.91 Å². The molecule has 3 heterocycles. The van der Waals surface area contributed by atoms with Gasteiger partial charge in [0.2, 0.25) is 0 Å². The first kappa shape index (κ1) is 18.5. The molecule has 0 bridgehead atoms. The van der Waals surface area contributed by atoms with Crippen molar-refractivity contribution in [3.05, 3.63) is 60.4 Å². The molecule has 1 aliphatic rings. The minimum absolute atomic E-state index is 0.0878. The zero-order valence-corrected chi connectivity index (χ0v) is 16.3. The Labute approximate surface area is 165 Å². The Balaban J connectivity index is 1.50. The molecular formula is C22H27N5O. The van der Waals surface area contributed by atoms with Gasteiger partial charge in [-0.05, 0) is 31.4 Å². The number of piperidine rings is 1. The Morgan fingerprint density at radius 3 is 3.04 bits per heavy atom. The second-order valence-corrected chi connectivity index (χ2v) is 7.44. The monoisotopic (exact) mass is 377 g/mol. The normalized spacial score (nSPS) is 17.0. The fourth-order valence-corrected chi connectivity index (χ4v) is 3.98. The number of benzene rings is 1. The fourth-order valence-electron chi connectivity index (χ4n) is 3.98. The van der Waals surface area contributed by atoms with E-state index < -0.39 is 0 Å². The smallest absolute Gasteiger partial charge is 0.253 e. The molecule has 1 amide bonds. The van der Waals surface area contributed by atoms with Gasteiger partial charge in [-0.3, -0.25) is 4.79 Å². The molecule has 146 valence electrons. The van der Waals surface area contributed by atoms with Crippen molar-refractivity contribution in [2.45, 2.75) is 45.1 Å². The molecule has 0 spiro atoms. The van der Waals surface area contributed by atoms with Gasteiger partial charge in [-0.25, -0.2) is 9.97 Å². The standard InChI is InChI=1S/C22H27N5O/c1-2-3-12-26-14-11-25-21(26)19-8-5-13-27(16-19)22(28)18-7-4-6-17(15-18)20-23-9-10-24-20/h4,6-7,9-11,14-15,19H,2-3,5,8,12-13,16H2,1H3,(H,23,24)/t19-/m0/s1. The van der Waals surface area contributed by atoms with Gasteiger partial charge >= 0.3 is 0 Å². The highest BCUT2D eigenvalue weighted by molar-refractivity contribution is 5.95. The van der Waals surface area contributed by atoms with Crippen molar-refractivity contribution in [3.8, 4) is 11.4 Å². The molecule has 6 nitrogen and oxygen atoms in total. The number of carbonyl (C=O) groups excluding carboxylic acids is 1. The van der Waals surface area contributed by atoms with E-state index in [2.05, 4.69) is 32.6 Å². The summed E-state index contributed by atoms with van der Waals surface area (Å²) in [6, 6.07) is 7.71. The molecule has 28 heavy (non-hydrogen) atoms. The third-order valence-corrected chi connectivity index (χ3v) is 5.46. The molecule has 1 aliphatic heterocycles. The van der Waals surface area contributed by atoms with Crippen LogP contribution in [0, 0.1) is 0 Å². The predicted molar refractivity (Wildman–Crippen MR) is 109 cm³/mol. The number of unbranched alkanes of at least 4 members (excludes halogenated alkanes) is 1. The van der Waals surface area contributed by atoms with Crippen LogP contribution in [0.25, 0.3) is 11.4 Å². The number of rotatable bonds is 6. The van der Waals surface area contributed by atoms with Crippen LogP contribution >= 0.6 is 0 Å². The Morgan fingerprint density at radius 1 is 1.29 bits per heavy atom. The maximum Gasteiger partial charge on any atom is 0.253 e. The summed E-state index contributed by atoms with van der Waals surface area (Å²) in [4.78, 5) is 27.2. The molecule has 1 saturated heterocycles. The van der Waals surface area contributed by atoms with Crippen molar-refractivity contribution < 1.29 is 4.79 Å². The second kappa shape index (κ2) is 8.42. The first-order valence-corrected chi connectivity index (χ1v) is 10.2. The fraction of sp³-hybridized carbons (Fsp3) is 0.409. The molecule has 0 unspecified atom stereocenters. The number of nitrogens with zero attached hydrogens (tertiary/aromatic N) is 4. The van der Waals surface area contributed by atoms with Crippen LogP contribution in [0.4, 0.5) is 0 Å². The lowest BCUT2D eigenvalue weighted by atomic mass is 9.96. The number of hydrogen-bond donors (Lipinski definition) is 1.